The molecule has 5 nitrogen and oxygen atoms in total. The molecule has 0 unspecified atom stereocenters. The van der Waals surface area contributed by atoms with Gasteiger partial charge in [-0.05, 0) is 48.8 Å². The Kier molecular flexibility index (Phi) is 5.10. The molecule has 0 spiro atoms. The van der Waals surface area contributed by atoms with Gasteiger partial charge in [-0.25, -0.2) is 14.0 Å². The van der Waals surface area contributed by atoms with E-state index in [1.807, 2.05) is 0 Å². The van der Waals surface area contributed by atoms with Gasteiger partial charge >= 0.3 is 12.0 Å². The molecule has 1 aromatic carbocycles. The van der Waals surface area contributed by atoms with E-state index in [4.69, 9.17) is 5.11 Å². The molecule has 0 saturated heterocycles. The number of carboxylic acid groups (broad SMARTS) is 1. The molecule has 2 amide bonds. The van der Waals surface area contributed by atoms with E-state index in [0.717, 1.165) is 4.90 Å². The third-order valence-corrected chi connectivity index (χ3v) is 3.62. The first-order chi connectivity index (χ1) is 9.21. The van der Waals surface area contributed by atoms with Crippen LogP contribution in [-0.4, -0.2) is 34.1 Å². The summed E-state index contributed by atoms with van der Waals surface area (Å²) in [5.74, 6) is -1.74. The third-order valence-electron chi connectivity index (χ3n) is 2.95. The van der Waals surface area contributed by atoms with Crippen molar-refractivity contribution < 1.29 is 19.1 Å². The lowest BCUT2D eigenvalue weighted by molar-refractivity contribution is -0.147. The number of carbonyl (C=O) groups is 2. The summed E-state index contributed by atoms with van der Waals surface area (Å²) in [5.41, 5.74) is -1.41. The molecule has 0 aliphatic rings. The van der Waals surface area contributed by atoms with Crippen molar-refractivity contribution in [3.05, 3.63) is 28.5 Å². The van der Waals surface area contributed by atoms with E-state index in [2.05, 4.69) is 21.2 Å². The van der Waals surface area contributed by atoms with Crippen LogP contribution in [0.1, 0.15) is 20.8 Å². The Morgan fingerprint density at radius 2 is 2.05 bits per heavy atom. The maximum Gasteiger partial charge on any atom is 0.329 e. The van der Waals surface area contributed by atoms with Gasteiger partial charge in [0, 0.05) is 11.0 Å². The van der Waals surface area contributed by atoms with E-state index >= 15 is 0 Å². The van der Waals surface area contributed by atoms with Gasteiger partial charge in [0.1, 0.15) is 11.4 Å². The number of benzene rings is 1. The van der Waals surface area contributed by atoms with E-state index in [1.165, 1.54) is 26.0 Å². The molecule has 20 heavy (non-hydrogen) atoms. The lowest BCUT2D eigenvalue weighted by Crippen LogP contribution is -2.54. The smallest absolute Gasteiger partial charge is 0.329 e. The summed E-state index contributed by atoms with van der Waals surface area (Å²) in [6, 6.07) is 3.61. The SMILES string of the molecule is CCN(C(=O)Nc1c(F)cccc1Br)C(C)(C)C(=O)O. The molecular weight excluding hydrogens is 331 g/mol. The number of carboxylic acids is 1. The number of urea groups is 1. The highest BCUT2D eigenvalue weighted by Crippen LogP contribution is 2.26. The Balaban J connectivity index is 3.03. The summed E-state index contributed by atoms with van der Waals surface area (Å²) in [6.45, 7) is 4.65. The lowest BCUT2D eigenvalue weighted by Gasteiger charge is -2.34. The van der Waals surface area contributed by atoms with Gasteiger partial charge in [0.15, 0.2) is 0 Å². The first-order valence-electron chi connectivity index (χ1n) is 5.97. The standard InChI is InChI=1S/C13H16BrFN2O3/c1-4-17(13(2,3)11(18)19)12(20)16-10-8(14)6-5-7-9(10)15/h5-7H,4H2,1-3H3,(H,16,20)(H,18,19). The topological polar surface area (TPSA) is 69.6 Å². The highest BCUT2D eigenvalue weighted by molar-refractivity contribution is 9.10. The number of nitrogens with one attached hydrogen (secondary N) is 1. The number of rotatable bonds is 4. The van der Waals surface area contributed by atoms with Crippen LogP contribution in [0.5, 0.6) is 0 Å². The van der Waals surface area contributed by atoms with Gasteiger partial charge < -0.3 is 15.3 Å². The minimum atomic E-state index is -1.39. The highest BCUT2D eigenvalue weighted by atomic mass is 79.9. The average Bonchev–Trinajstić information content (AvgIpc) is 2.34. The molecule has 0 bridgehead atoms. The second-order valence-corrected chi connectivity index (χ2v) is 5.49. The van der Waals surface area contributed by atoms with Crippen LogP contribution in [0.25, 0.3) is 0 Å². The van der Waals surface area contributed by atoms with Crippen LogP contribution in [0.2, 0.25) is 0 Å². The summed E-state index contributed by atoms with van der Waals surface area (Å²) < 4.78 is 14.0. The monoisotopic (exact) mass is 346 g/mol. The number of halogens is 2. The average molecular weight is 347 g/mol. The largest absolute Gasteiger partial charge is 0.480 e. The second-order valence-electron chi connectivity index (χ2n) is 4.64. The van der Waals surface area contributed by atoms with Crippen LogP contribution in [0.4, 0.5) is 14.9 Å². The normalized spacial score (nSPS) is 11.1. The molecule has 2 N–H and O–H groups in total. The van der Waals surface area contributed by atoms with Crippen LogP contribution < -0.4 is 5.32 Å². The van der Waals surface area contributed by atoms with Crippen LogP contribution in [-0.2, 0) is 4.79 Å². The maximum absolute atomic E-state index is 13.7. The van der Waals surface area contributed by atoms with Gasteiger partial charge in [-0.2, -0.15) is 0 Å². The maximum atomic E-state index is 13.7. The second kappa shape index (κ2) is 6.21. The van der Waals surface area contributed by atoms with Crippen molar-refractivity contribution >= 4 is 33.6 Å². The number of likely N-dealkylation sites (N-methyl/N-ethyl adjacent to an activating group) is 1. The molecule has 0 fully saturated rings. The van der Waals surface area contributed by atoms with Crippen molar-refractivity contribution in [3.8, 4) is 0 Å². The molecular formula is C13H16BrFN2O3. The molecule has 0 aromatic heterocycles. The van der Waals surface area contributed by atoms with Gasteiger partial charge in [0.2, 0.25) is 0 Å². The fraction of sp³-hybridized carbons (Fsp3) is 0.385. The van der Waals surface area contributed by atoms with Crippen LogP contribution in [0.3, 0.4) is 0 Å². The van der Waals surface area contributed by atoms with Crippen LogP contribution >= 0.6 is 15.9 Å². The molecule has 7 heteroatoms. The fourth-order valence-corrected chi connectivity index (χ4v) is 2.14. The summed E-state index contributed by atoms with van der Waals surface area (Å²) in [4.78, 5) is 24.5. The zero-order valence-electron chi connectivity index (χ0n) is 11.4. The minimum absolute atomic E-state index is 0.0165. The van der Waals surface area contributed by atoms with Gasteiger partial charge in [-0.15, -0.1) is 0 Å². The van der Waals surface area contributed by atoms with Crippen molar-refractivity contribution in [1.82, 2.24) is 4.90 Å². The Morgan fingerprint density at radius 3 is 2.50 bits per heavy atom. The predicted octanol–water partition coefficient (Wildman–Crippen LogP) is 3.31. The summed E-state index contributed by atoms with van der Waals surface area (Å²) in [7, 11) is 0. The van der Waals surface area contributed by atoms with Crippen molar-refractivity contribution in [2.24, 2.45) is 0 Å². The number of hydrogen-bond donors (Lipinski definition) is 2. The number of hydrogen-bond acceptors (Lipinski definition) is 2. The van der Waals surface area contributed by atoms with Gasteiger partial charge in [0.25, 0.3) is 0 Å². The minimum Gasteiger partial charge on any atom is -0.480 e. The van der Waals surface area contributed by atoms with Crippen LogP contribution in [0.15, 0.2) is 22.7 Å². The van der Waals surface area contributed by atoms with Crippen molar-refractivity contribution in [2.45, 2.75) is 26.3 Å². The highest BCUT2D eigenvalue weighted by Gasteiger charge is 2.37. The van der Waals surface area contributed by atoms with Gasteiger partial charge in [-0.1, -0.05) is 6.07 Å². The van der Waals surface area contributed by atoms with Crippen LogP contribution in [0, 0.1) is 5.82 Å². The fourth-order valence-electron chi connectivity index (χ4n) is 1.70. The summed E-state index contributed by atoms with van der Waals surface area (Å²) in [6.07, 6.45) is 0. The Labute approximate surface area is 124 Å². The Hall–Kier alpha value is -1.63. The van der Waals surface area contributed by atoms with Crippen molar-refractivity contribution in [1.29, 1.82) is 0 Å². The van der Waals surface area contributed by atoms with Crippen molar-refractivity contribution in [2.75, 3.05) is 11.9 Å². The quantitative estimate of drug-likeness (QED) is 0.878. The number of amides is 2. The number of nitrogens with zero attached hydrogens (tertiary/aromatic N) is 1. The molecule has 0 saturated carbocycles. The van der Waals surface area contributed by atoms with E-state index < -0.39 is 23.4 Å². The third kappa shape index (κ3) is 3.27. The zero-order valence-corrected chi connectivity index (χ0v) is 13.0. The molecule has 110 valence electrons. The number of aliphatic carboxylic acids is 1. The first kappa shape index (κ1) is 16.4. The molecule has 0 atom stereocenters. The molecule has 0 aliphatic carbocycles. The van der Waals surface area contributed by atoms with E-state index in [0.29, 0.717) is 4.47 Å². The lowest BCUT2D eigenvalue weighted by atomic mass is 10.0. The summed E-state index contributed by atoms with van der Waals surface area (Å²) in [5, 5.41) is 11.6. The van der Waals surface area contributed by atoms with Gasteiger partial charge in [-0.3, -0.25) is 0 Å². The number of para-hydroxylation sites is 1. The van der Waals surface area contributed by atoms with E-state index in [1.54, 1.807) is 13.0 Å². The number of carbonyl (C=O) groups excluding carboxylic acids is 1. The van der Waals surface area contributed by atoms with Crippen molar-refractivity contribution in [3.63, 3.8) is 0 Å². The molecule has 1 aromatic rings. The molecule has 0 radical (unpaired) electrons. The zero-order chi connectivity index (χ0) is 15.5. The van der Waals surface area contributed by atoms with Gasteiger partial charge in [0.05, 0.1) is 5.69 Å². The van der Waals surface area contributed by atoms with E-state index in [9.17, 15) is 14.0 Å². The molecule has 1 rings (SSSR count). The molecule has 0 heterocycles. The molecule has 0 aliphatic heterocycles. The first-order valence-corrected chi connectivity index (χ1v) is 6.77. The summed E-state index contributed by atoms with van der Waals surface area (Å²) >= 11 is 3.14. The van der Waals surface area contributed by atoms with E-state index in [-0.39, 0.29) is 12.2 Å². The Bertz CT molecular complexity index is 514. The Morgan fingerprint density at radius 1 is 1.45 bits per heavy atom. The number of anilines is 1. The predicted molar refractivity (Wildman–Crippen MR) is 77.2 cm³/mol.